The van der Waals surface area contributed by atoms with Crippen LogP contribution in [0, 0.1) is 0 Å². The van der Waals surface area contributed by atoms with E-state index in [9.17, 15) is 8.42 Å². The SMILES string of the molecule is COc1ccc(CN)c(N(C)C2CCS(=O)(=O)C2)c1. The molecule has 0 aliphatic carbocycles. The van der Waals surface area contributed by atoms with E-state index < -0.39 is 9.84 Å². The van der Waals surface area contributed by atoms with Crippen LogP contribution in [0.25, 0.3) is 0 Å². The molecule has 6 heteroatoms. The Bertz CT molecular complexity index is 557. The molecule has 1 fully saturated rings. The van der Waals surface area contributed by atoms with Gasteiger partial charge in [-0.15, -0.1) is 0 Å². The lowest BCUT2D eigenvalue weighted by molar-refractivity contribution is 0.414. The summed E-state index contributed by atoms with van der Waals surface area (Å²) < 4.78 is 28.4. The predicted octanol–water partition coefficient (Wildman–Crippen LogP) is 0.777. The van der Waals surface area contributed by atoms with Crippen LogP contribution in [0.1, 0.15) is 12.0 Å². The molecule has 1 saturated heterocycles. The first-order valence-corrected chi connectivity index (χ1v) is 8.09. The maximum absolute atomic E-state index is 11.6. The second kappa shape index (κ2) is 5.38. The molecule has 0 bridgehead atoms. The zero-order valence-electron chi connectivity index (χ0n) is 11.3. The summed E-state index contributed by atoms with van der Waals surface area (Å²) in [6.07, 6.45) is 0.667. The van der Waals surface area contributed by atoms with Crippen LogP contribution in [0.5, 0.6) is 5.75 Å². The van der Waals surface area contributed by atoms with Crippen molar-refractivity contribution in [3.05, 3.63) is 23.8 Å². The fraction of sp³-hybridized carbons (Fsp3) is 0.538. The van der Waals surface area contributed by atoms with E-state index in [0.717, 1.165) is 17.0 Å². The fourth-order valence-corrected chi connectivity index (χ4v) is 4.22. The second-order valence-electron chi connectivity index (χ2n) is 4.87. The Labute approximate surface area is 114 Å². The lowest BCUT2D eigenvalue weighted by Gasteiger charge is -2.28. The van der Waals surface area contributed by atoms with Gasteiger partial charge in [0.25, 0.3) is 0 Å². The topological polar surface area (TPSA) is 72.6 Å². The molecule has 1 unspecified atom stereocenters. The van der Waals surface area contributed by atoms with E-state index in [1.165, 1.54) is 0 Å². The smallest absolute Gasteiger partial charge is 0.152 e. The third-order valence-electron chi connectivity index (χ3n) is 3.65. The Morgan fingerprint density at radius 1 is 1.47 bits per heavy atom. The summed E-state index contributed by atoms with van der Waals surface area (Å²) >= 11 is 0. The zero-order chi connectivity index (χ0) is 14.0. The minimum atomic E-state index is -2.89. The maximum atomic E-state index is 11.6. The number of nitrogens with two attached hydrogens (primary N) is 1. The van der Waals surface area contributed by atoms with Crippen LogP contribution in [0.2, 0.25) is 0 Å². The van der Waals surface area contributed by atoms with Gasteiger partial charge < -0.3 is 15.4 Å². The van der Waals surface area contributed by atoms with Crippen LogP contribution in [0.4, 0.5) is 5.69 Å². The van der Waals surface area contributed by atoms with Crippen molar-refractivity contribution in [1.29, 1.82) is 0 Å². The summed E-state index contributed by atoms with van der Waals surface area (Å²) in [5, 5.41) is 0. The van der Waals surface area contributed by atoms with Gasteiger partial charge in [0.2, 0.25) is 0 Å². The van der Waals surface area contributed by atoms with E-state index in [-0.39, 0.29) is 17.5 Å². The van der Waals surface area contributed by atoms with Crippen LogP contribution in [0.3, 0.4) is 0 Å². The number of rotatable bonds is 4. The minimum Gasteiger partial charge on any atom is -0.497 e. The van der Waals surface area contributed by atoms with Crippen molar-refractivity contribution < 1.29 is 13.2 Å². The van der Waals surface area contributed by atoms with Crippen molar-refractivity contribution >= 4 is 15.5 Å². The van der Waals surface area contributed by atoms with Gasteiger partial charge in [-0.2, -0.15) is 0 Å². The molecule has 1 aliphatic heterocycles. The lowest BCUT2D eigenvalue weighted by atomic mass is 10.1. The van der Waals surface area contributed by atoms with Crippen LogP contribution in [0.15, 0.2) is 18.2 Å². The highest BCUT2D eigenvalue weighted by Crippen LogP contribution is 2.29. The van der Waals surface area contributed by atoms with Gasteiger partial charge in [-0.25, -0.2) is 8.42 Å². The van der Waals surface area contributed by atoms with Gasteiger partial charge in [0.05, 0.1) is 18.6 Å². The van der Waals surface area contributed by atoms with Gasteiger partial charge >= 0.3 is 0 Å². The average molecular weight is 284 g/mol. The number of hydrogen-bond acceptors (Lipinski definition) is 5. The van der Waals surface area contributed by atoms with Crippen molar-refractivity contribution in [1.82, 2.24) is 0 Å². The van der Waals surface area contributed by atoms with Gasteiger partial charge in [0.15, 0.2) is 9.84 Å². The number of nitrogens with zero attached hydrogens (tertiary/aromatic N) is 1. The normalized spacial score (nSPS) is 21.3. The number of hydrogen-bond donors (Lipinski definition) is 1. The fourth-order valence-electron chi connectivity index (χ4n) is 2.45. The Hall–Kier alpha value is -1.27. The predicted molar refractivity (Wildman–Crippen MR) is 76.3 cm³/mol. The Morgan fingerprint density at radius 2 is 2.21 bits per heavy atom. The number of ether oxygens (including phenoxy) is 1. The zero-order valence-corrected chi connectivity index (χ0v) is 12.1. The molecule has 1 aromatic rings. The number of methoxy groups -OCH3 is 1. The second-order valence-corrected chi connectivity index (χ2v) is 7.10. The average Bonchev–Trinajstić information content (AvgIpc) is 2.77. The maximum Gasteiger partial charge on any atom is 0.152 e. The molecule has 1 aliphatic rings. The molecule has 2 N–H and O–H groups in total. The van der Waals surface area contributed by atoms with Crippen LogP contribution >= 0.6 is 0 Å². The third-order valence-corrected chi connectivity index (χ3v) is 5.40. The van der Waals surface area contributed by atoms with Crippen molar-refractivity contribution in [2.45, 2.75) is 19.0 Å². The highest BCUT2D eigenvalue weighted by Gasteiger charge is 2.31. The molecule has 2 rings (SSSR count). The minimum absolute atomic E-state index is 0.0161. The van der Waals surface area contributed by atoms with E-state index in [1.807, 2.05) is 30.1 Å². The molecule has 1 heterocycles. The molecular formula is C13H20N2O3S. The largest absolute Gasteiger partial charge is 0.497 e. The van der Waals surface area contributed by atoms with Gasteiger partial charge in [0, 0.05) is 31.4 Å². The molecule has 19 heavy (non-hydrogen) atoms. The first-order valence-electron chi connectivity index (χ1n) is 6.27. The standard InChI is InChI=1S/C13H20N2O3S/c1-15(11-5-6-19(16,17)9-11)13-7-12(18-2)4-3-10(13)8-14/h3-4,7,11H,5-6,8-9,14H2,1-2H3. The Morgan fingerprint density at radius 3 is 2.74 bits per heavy atom. The summed E-state index contributed by atoms with van der Waals surface area (Å²) in [5.74, 6) is 1.23. The molecular weight excluding hydrogens is 264 g/mol. The van der Waals surface area contributed by atoms with Gasteiger partial charge in [-0.05, 0) is 18.1 Å². The molecule has 0 aromatic heterocycles. The van der Waals surface area contributed by atoms with Crippen LogP contribution < -0.4 is 15.4 Å². The van der Waals surface area contributed by atoms with E-state index >= 15 is 0 Å². The molecule has 5 nitrogen and oxygen atoms in total. The first kappa shape index (κ1) is 14.1. The highest BCUT2D eigenvalue weighted by molar-refractivity contribution is 7.91. The lowest BCUT2D eigenvalue weighted by Crippen LogP contribution is -2.33. The van der Waals surface area contributed by atoms with E-state index in [0.29, 0.717) is 13.0 Å². The van der Waals surface area contributed by atoms with E-state index in [2.05, 4.69) is 0 Å². The van der Waals surface area contributed by atoms with Crippen LogP contribution in [-0.2, 0) is 16.4 Å². The number of benzene rings is 1. The quantitative estimate of drug-likeness (QED) is 0.884. The number of sulfone groups is 1. The van der Waals surface area contributed by atoms with Crippen molar-refractivity contribution in [2.75, 3.05) is 30.6 Å². The molecule has 106 valence electrons. The highest BCUT2D eigenvalue weighted by atomic mass is 32.2. The Balaban J connectivity index is 2.30. The summed E-state index contributed by atoms with van der Waals surface area (Å²) in [7, 11) is 0.641. The summed E-state index contributed by atoms with van der Waals surface area (Å²) in [5.41, 5.74) is 7.69. The van der Waals surface area contributed by atoms with Gasteiger partial charge in [-0.1, -0.05) is 6.07 Å². The summed E-state index contributed by atoms with van der Waals surface area (Å²) in [6, 6.07) is 5.72. The van der Waals surface area contributed by atoms with Gasteiger partial charge in [-0.3, -0.25) is 0 Å². The van der Waals surface area contributed by atoms with E-state index in [1.54, 1.807) is 7.11 Å². The monoisotopic (exact) mass is 284 g/mol. The summed E-state index contributed by atoms with van der Waals surface area (Å²) in [6.45, 7) is 0.420. The van der Waals surface area contributed by atoms with Gasteiger partial charge in [0.1, 0.15) is 5.75 Å². The van der Waals surface area contributed by atoms with Crippen molar-refractivity contribution in [2.24, 2.45) is 5.73 Å². The number of anilines is 1. The summed E-state index contributed by atoms with van der Waals surface area (Å²) in [4.78, 5) is 2.01. The van der Waals surface area contributed by atoms with E-state index in [4.69, 9.17) is 10.5 Å². The molecule has 0 saturated carbocycles. The van der Waals surface area contributed by atoms with Crippen molar-refractivity contribution in [3.63, 3.8) is 0 Å². The molecule has 0 spiro atoms. The Kier molecular flexibility index (Phi) is 4.01. The molecule has 1 aromatic carbocycles. The van der Waals surface area contributed by atoms with Crippen molar-refractivity contribution in [3.8, 4) is 5.75 Å². The molecule has 1 atom stereocenters. The van der Waals surface area contributed by atoms with Crippen LogP contribution in [-0.4, -0.2) is 40.1 Å². The third kappa shape index (κ3) is 3.01. The molecule has 0 amide bonds. The first-order chi connectivity index (χ1) is 8.96. The molecule has 0 radical (unpaired) electrons.